The second kappa shape index (κ2) is 28.1. The summed E-state index contributed by atoms with van der Waals surface area (Å²) < 4.78 is 18.9. The SMILES string of the molecule is COC[C@H](NC(=O)[C@H](C)NCc1ccc(Cl)cc1Oc1ccc(-c2cnc(CN(C)C)n2C)cc1)C(=O)N(C)[C@H](CC(=O)N[C@H]1CCCC[C@@H]1N(C)C(=O)[C@@H](CC(=O)OC)Cc1cccc(C)n1)Cc1ccc(Cl)cc1. The molecule has 0 aliphatic heterocycles. The number of halogens is 2. The smallest absolute Gasteiger partial charge is 0.306 e. The van der Waals surface area contributed by atoms with Crippen LogP contribution in [0.1, 0.15) is 73.8 Å². The first-order chi connectivity index (χ1) is 36.3. The van der Waals surface area contributed by atoms with Crippen molar-refractivity contribution in [3.63, 3.8) is 0 Å². The number of amides is 4. The number of imidazole rings is 1. The maximum Gasteiger partial charge on any atom is 0.306 e. The lowest BCUT2D eigenvalue weighted by Crippen LogP contribution is -2.57. The normalized spacial score (nSPS) is 16.0. The van der Waals surface area contributed by atoms with E-state index in [1.807, 2.05) is 94.9 Å². The van der Waals surface area contributed by atoms with Crippen LogP contribution in [-0.2, 0) is 66.4 Å². The lowest BCUT2D eigenvalue weighted by atomic mass is 9.87. The van der Waals surface area contributed by atoms with Gasteiger partial charge in [-0.15, -0.1) is 0 Å². The van der Waals surface area contributed by atoms with Gasteiger partial charge < -0.3 is 49.4 Å². The van der Waals surface area contributed by atoms with Gasteiger partial charge in [-0.05, 0) is 113 Å². The van der Waals surface area contributed by atoms with Crippen molar-refractivity contribution in [1.82, 2.24) is 45.2 Å². The van der Waals surface area contributed by atoms with Crippen LogP contribution >= 0.6 is 23.2 Å². The number of likely N-dealkylation sites (N-methyl/N-ethyl adjacent to an activating group) is 2. The fourth-order valence-corrected chi connectivity index (χ4v) is 9.85. The monoisotopic (exact) mass is 1080 g/mol. The number of pyridine rings is 1. The van der Waals surface area contributed by atoms with Gasteiger partial charge in [-0.3, -0.25) is 29.0 Å². The molecule has 0 saturated heterocycles. The van der Waals surface area contributed by atoms with Crippen LogP contribution in [0, 0.1) is 12.8 Å². The molecule has 2 heterocycles. The number of nitrogens with zero attached hydrogens (tertiary/aromatic N) is 6. The number of nitrogens with one attached hydrogen (secondary N) is 3. The van der Waals surface area contributed by atoms with Gasteiger partial charge in [0.15, 0.2) is 0 Å². The van der Waals surface area contributed by atoms with Gasteiger partial charge in [0.2, 0.25) is 23.6 Å². The summed E-state index contributed by atoms with van der Waals surface area (Å²) in [6.07, 6.45) is 5.18. The largest absolute Gasteiger partial charge is 0.469 e. The van der Waals surface area contributed by atoms with Crippen molar-refractivity contribution in [2.45, 2.75) is 109 Å². The highest BCUT2D eigenvalue weighted by Gasteiger charge is 2.37. The molecule has 6 rings (SSSR count). The number of benzene rings is 3. The minimum absolute atomic E-state index is 0.0841. The first kappa shape index (κ1) is 58.9. The highest BCUT2D eigenvalue weighted by Crippen LogP contribution is 2.31. The molecule has 408 valence electrons. The van der Waals surface area contributed by atoms with Crippen molar-refractivity contribution in [1.29, 1.82) is 0 Å². The zero-order valence-electron chi connectivity index (χ0n) is 45.1. The van der Waals surface area contributed by atoms with E-state index in [0.717, 1.165) is 46.7 Å². The molecule has 6 atom stereocenters. The molecule has 76 heavy (non-hydrogen) atoms. The maximum atomic E-state index is 14.5. The third-order valence-electron chi connectivity index (χ3n) is 13.9. The van der Waals surface area contributed by atoms with Crippen LogP contribution in [0.2, 0.25) is 10.0 Å². The van der Waals surface area contributed by atoms with Gasteiger partial charge in [-0.2, -0.15) is 0 Å². The first-order valence-electron chi connectivity index (χ1n) is 25.6. The summed E-state index contributed by atoms with van der Waals surface area (Å²) in [5, 5.41) is 10.4. The number of methoxy groups -OCH3 is 2. The molecule has 5 aromatic rings. The molecule has 1 saturated carbocycles. The highest BCUT2D eigenvalue weighted by molar-refractivity contribution is 6.31. The molecule has 1 aliphatic rings. The van der Waals surface area contributed by atoms with Crippen LogP contribution in [-0.4, -0.2) is 138 Å². The van der Waals surface area contributed by atoms with E-state index in [9.17, 15) is 24.0 Å². The van der Waals surface area contributed by atoms with E-state index in [4.69, 9.17) is 37.4 Å². The van der Waals surface area contributed by atoms with Crippen LogP contribution in [0.15, 0.2) is 91.1 Å². The number of esters is 1. The Kier molecular flexibility index (Phi) is 21.8. The molecule has 0 bridgehead atoms. The number of aromatic nitrogens is 3. The fourth-order valence-electron chi connectivity index (χ4n) is 9.57. The van der Waals surface area contributed by atoms with Gasteiger partial charge in [0.1, 0.15) is 23.4 Å². The average molecular weight is 1080 g/mol. The second-order valence-electron chi connectivity index (χ2n) is 19.9. The van der Waals surface area contributed by atoms with Gasteiger partial charge >= 0.3 is 5.97 Å². The van der Waals surface area contributed by atoms with Gasteiger partial charge in [0.05, 0.1) is 56.6 Å². The first-order valence-corrected chi connectivity index (χ1v) is 26.4. The molecule has 0 spiro atoms. The van der Waals surface area contributed by atoms with E-state index in [-0.39, 0.29) is 56.3 Å². The molecule has 19 heteroatoms. The quantitative estimate of drug-likeness (QED) is 0.0495. The lowest BCUT2D eigenvalue weighted by Gasteiger charge is -2.40. The molecule has 1 fully saturated rings. The summed E-state index contributed by atoms with van der Waals surface area (Å²) in [4.78, 5) is 83.8. The number of ether oxygens (including phenoxy) is 3. The van der Waals surface area contributed by atoms with Crippen molar-refractivity contribution in [3.05, 3.63) is 130 Å². The maximum absolute atomic E-state index is 14.5. The Hall–Kier alpha value is -6.37. The van der Waals surface area contributed by atoms with Crippen molar-refractivity contribution < 1.29 is 38.2 Å². The summed E-state index contributed by atoms with van der Waals surface area (Å²) in [5.41, 5.74) is 5.05. The number of carbonyl (C=O) groups is 5. The minimum atomic E-state index is -1.10. The third-order valence-corrected chi connectivity index (χ3v) is 14.4. The Labute approximate surface area is 457 Å². The summed E-state index contributed by atoms with van der Waals surface area (Å²) in [6.45, 7) is 4.38. The number of carbonyl (C=O) groups excluding carboxylic acids is 5. The molecular formula is C57H73Cl2N9O8. The molecule has 0 radical (unpaired) electrons. The molecule has 1 aliphatic carbocycles. The Bertz CT molecular complexity index is 2760. The van der Waals surface area contributed by atoms with Gasteiger partial charge in [0, 0.05) is 92.3 Å². The van der Waals surface area contributed by atoms with Gasteiger partial charge in [0.25, 0.3) is 0 Å². The zero-order valence-corrected chi connectivity index (χ0v) is 46.6. The standard InChI is InChI=1S/C57H73Cl2N9O8/c1-36-13-12-14-44(62-36)28-41(29-54(70)75-9)56(72)68(7)49-16-11-10-15-47(49)63-53(69)31-45(27-38-17-22-42(58)23-18-38)66(5)57(73)48(35-74-8)64-55(71)37(2)60-32-40-19-24-43(59)30-51(40)76-46-25-20-39(21-26-46)50-33-61-52(67(50)6)34-65(3)4/h12-14,17-26,30,33,37,41,45,47-49,60H,10-11,15-16,27-29,31-32,34-35H2,1-9H3,(H,63,69)(H,64,71)/t37-,41+,45-,47-,48-,49-/m0/s1. The van der Waals surface area contributed by atoms with Crippen molar-refractivity contribution in [3.8, 4) is 22.8 Å². The molecule has 17 nitrogen and oxygen atoms in total. The topological polar surface area (TPSA) is 190 Å². The number of rotatable bonds is 25. The Morgan fingerprint density at radius 3 is 2.25 bits per heavy atom. The van der Waals surface area contributed by atoms with Crippen molar-refractivity contribution in [2.24, 2.45) is 13.0 Å². The van der Waals surface area contributed by atoms with Crippen LogP contribution in [0.4, 0.5) is 0 Å². The number of hydrogen-bond acceptors (Lipinski definition) is 12. The Morgan fingerprint density at radius 1 is 0.855 bits per heavy atom. The van der Waals surface area contributed by atoms with Crippen LogP contribution in [0.25, 0.3) is 11.3 Å². The molecule has 3 N–H and O–H groups in total. The van der Waals surface area contributed by atoms with E-state index < -0.39 is 41.8 Å². The Morgan fingerprint density at radius 2 is 1.57 bits per heavy atom. The number of hydrogen-bond donors (Lipinski definition) is 3. The fraction of sp³-hybridized carbons (Fsp3) is 0.456. The summed E-state index contributed by atoms with van der Waals surface area (Å²) in [7, 11) is 12.1. The second-order valence-corrected chi connectivity index (χ2v) is 20.8. The molecular weight excluding hydrogens is 1010 g/mol. The molecule has 3 aromatic carbocycles. The van der Waals surface area contributed by atoms with Crippen LogP contribution < -0.4 is 20.7 Å². The molecule has 2 aromatic heterocycles. The van der Waals surface area contributed by atoms with Gasteiger partial charge in [-0.1, -0.05) is 60.3 Å². The van der Waals surface area contributed by atoms with Crippen molar-refractivity contribution >= 4 is 52.8 Å². The number of aryl methyl sites for hydroxylation is 1. The van der Waals surface area contributed by atoms with E-state index >= 15 is 0 Å². The van der Waals surface area contributed by atoms with Gasteiger partial charge in [-0.25, -0.2) is 4.98 Å². The zero-order chi connectivity index (χ0) is 55.1. The average Bonchev–Trinajstić information content (AvgIpc) is 3.75. The molecule has 0 unspecified atom stereocenters. The van der Waals surface area contributed by atoms with Crippen LogP contribution in [0.3, 0.4) is 0 Å². The summed E-state index contributed by atoms with van der Waals surface area (Å²) in [5.74, 6) is -0.609. The van der Waals surface area contributed by atoms with Crippen molar-refractivity contribution in [2.75, 3.05) is 49.0 Å². The third kappa shape index (κ3) is 16.6. The minimum Gasteiger partial charge on any atom is -0.469 e. The lowest BCUT2D eigenvalue weighted by molar-refractivity contribution is -0.147. The predicted octanol–water partition coefficient (Wildman–Crippen LogP) is 7.33. The summed E-state index contributed by atoms with van der Waals surface area (Å²) >= 11 is 12.7. The van der Waals surface area contributed by atoms with E-state index in [2.05, 4.69) is 35.4 Å². The van der Waals surface area contributed by atoms with Crippen LogP contribution in [0.5, 0.6) is 11.5 Å². The Balaban J connectivity index is 1.11. The van der Waals surface area contributed by atoms with E-state index in [1.165, 1.54) is 19.1 Å². The summed E-state index contributed by atoms with van der Waals surface area (Å²) in [6, 6.07) is 22.5. The van der Waals surface area contributed by atoms with E-state index in [0.29, 0.717) is 53.0 Å². The predicted molar refractivity (Wildman–Crippen MR) is 294 cm³/mol. The highest BCUT2D eigenvalue weighted by atomic mass is 35.5. The van der Waals surface area contributed by atoms with E-state index in [1.54, 1.807) is 50.2 Å². The molecule has 4 amide bonds.